The number of aromatic nitrogens is 1. The van der Waals surface area contributed by atoms with Gasteiger partial charge in [0.05, 0.1) is 11.1 Å². The van der Waals surface area contributed by atoms with E-state index < -0.39 is 5.97 Å². The number of hydrogen-bond acceptors (Lipinski definition) is 2. The Morgan fingerprint density at radius 1 is 1.04 bits per heavy atom. The smallest absolute Gasteiger partial charge is 0.335 e. The Bertz CT molecular complexity index is 652. The van der Waals surface area contributed by atoms with E-state index in [2.05, 4.69) is 19.9 Å². The van der Waals surface area contributed by atoms with Crippen molar-refractivity contribution in [2.24, 2.45) is 0 Å². The fraction of sp³-hybridized carbons (Fsp3) is 0.474. The third-order valence-electron chi connectivity index (χ3n) is 4.05. The quantitative estimate of drug-likeness (QED) is 0.741. The van der Waals surface area contributed by atoms with Gasteiger partial charge in [-0.05, 0) is 55.5 Å². The number of aromatic carboxylic acids is 1. The summed E-state index contributed by atoms with van der Waals surface area (Å²) in [6.45, 7) is 4.40. The standard InChI is InChI=1S/C19H25NO2.H2O/c1-3-5-7-9-17-14(8-6-4-2)12-16-13-15(19(21)22)10-11-18(16)20-17;/h10-13H,3-9H2,1-2H3,(H,21,22);1H2. The summed E-state index contributed by atoms with van der Waals surface area (Å²) in [7, 11) is 0. The maximum absolute atomic E-state index is 11.1. The van der Waals surface area contributed by atoms with Gasteiger partial charge in [-0.1, -0.05) is 33.1 Å². The zero-order valence-corrected chi connectivity index (χ0v) is 14.1. The summed E-state index contributed by atoms with van der Waals surface area (Å²) >= 11 is 0. The Hall–Kier alpha value is -1.94. The molecule has 2 rings (SSSR count). The van der Waals surface area contributed by atoms with Crippen molar-refractivity contribution in [3.63, 3.8) is 0 Å². The first-order chi connectivity index (χ1) is 10.7. The third-order valence-corrected chi connectivity index (χ3v) is 4.05. The number of aryl methyl sites for hydroxylation is 2. The lowest BCUT2D eigenvalue weighted by atomic mass is 9.99. The Balaban J connectivity index is 0.00000264. The molecule has 0 aliphatic carbocycles. The molecule has 0 saturated carbocycles. The van der Waals surface area contributed by atoms with Crippen molar-refractivity contribution in [2.75, 3.05) is 0 Å². The van der Waals surface area contributed by atoms with Gasteiger partial charge in [-0.15, -0.1) is 0 Å². The maximum atomic E-state index is 11.1. The molecule has 0 amide bonds. The van der Waals surface area contributed by atoms with Crippen LogP contribution in [0.1, 0.15) is 67.6 Å². The van der Waals surface area contributed by atoms with Gasteiger partial charge in [0.15, 0.2) is 0 Å². The van der Waals surface area contributed by atoms with E-state index in [-0.39, 0.29) is 5.48 Å². The van der Waals surface area contributed by atoms with E-state index >= 15 is 0 Å². The summed E-state index contributed by atoms with van der Waals surface area (Å²) < 4.78 is 0. The largest absolute Gasteiger partial charge is 0.478 e. The van der Waals surface area contributed by atoms with E-state index in [9.17, 15) is 4.79 Å². The van der Waals surface area contributed by atoms with Crippen LogP contribution in [0.25, 0.3) is 10.9 Å². The van der Waals surface area contributed by atoms with E-state index in [4.69, 9.17) is 10.1 Å². The van der Waals surface area contributed by atoms with Crippen LogP contribution in [0.15, 0.2) is 24.3 Å². The van der Waals surface area contributed by atoms with Crippen LogP contribution in [0.2, 0.25) is 0 Å². The molecule has 1 aromatic carbocycles. The molecule has 0 spiro atoms. The average molecular weight is 317 g/mol. The molecule has 0 aliphatic heterocycles. The highest BCUT2D eigenvalue weighted by atomic mass is 16.4. The highest BCUT2D eigenvalue weighted by Gasteiger charge is 2.09. The number of carboxylic acids is 1. The Labute approximate surface area is 137 Å². The van der Waals surface area contributed by atoms with E-state index in [1.807, 2.05) is 6.07 Å². The molecule has 0 fully saturated rings. The second-order valence-electron chi connectivity index (χ2n) is 5.87. The average Bonchev–Trinajstić information content (AvgIpc) is 2.52. The highest BCUT2D eigenvalue weighted by Crippen LogP contribution is 2.22. The van der Waals surface area contributed by atoms with E-state index in [0.717, 1.165) is 36.6 Å². The molecule has 126 valence electrons. The first-order valence-corrected chi connectivity index (χ1v) is 8.31. The Kier molecular flexibility index (Phi) is 7.69. The number of hydrogen-bond donors (Lipinski definition) is 1. The molecule has 0 saturated heterocycles. The summed E-state index contributed by atoms with van der Waals surface area (Å²) in [5.74, 6) is -0.885. The minimum absolute atomic E-state index is 0. The van der Waals surface area contributed by atoms with Crippen molar-refractivity contribution in [2.45, 2.75) is 58.8 Å². The minimum Gasteiger partial charge on any atom is -0.478 e. The van der Waals surface area contributed by atoms with Gasteiger partial charge in [0.2, 0.25) is 0 Å². The van der Waals surface area contributed by atoms with Gasteiger partial charge in [-0.2, -0.15) is 0 Å². The fourth-order valence-corrected chi connectivity index (χ4v) is 2.74. The zero-order chi connectivity index (χ0) is 15.9. The summed E-state index contributed by atoms with van der Waals surface area (Å²) in [4.78, 5) is 15.9. The van der Waals surface area contributed by atoms with Crippen LogP contribution in [0, 0.1) is 0 Å². The molecule has 0 bridgehead atoms. The molecule has 0 atom stereocenters. The predicted octanol–water partition coefficient (Wildman–Crippen LogP) is 4.18. The van der Waals surface area contributed by atoms with Crippen LogP contribution in [0.3, 0.4) is 0 Å². The van der Waals surface area contributed by atoms with Crippen molar-refractivity contribution in [1.82, 2.24) is 4.98 Å². The summed E-state index contributed by atoms with van der Waals surface area (Å²) in [6, 6.07) is 7.34. The number of pyridine rings is 1. The second kappa shape index (κ2) is 9.26. The Morgan fingerprint density at radius 3 is 2.43 bits per heavy atom. The lowest BCUT2D eigenvalue weighted by Gasteiger charge is -2.11. The van der Waals surface area contributed by atoms with Crippen molar-refractivity contribution in [1.29, 1.82) is 0 Å². The van der Waals surface area contributed by atoms with Crippen LogP contribution in [0.4, 0.5) is 0 Å². The molecular weight excluding hydrogens is 290 g/mol. The van der Waals surface area contributed by atoms with Gasteiger partial charge in [0.1, 0.15) is 0 Å². The lowest BCUT2D eigenvalue weighted by Crippen LogP contribution is -2.01. The molecule has 23 heavy (non-hydrogen) atoms. The molecule has 2 aromatic rings. The first kappa shape index (κ1) is 19.1. The molecule has 4 nitrogen and oxygen atoms in total. The molecule has 1 heterocycles. The number of carbonyl (C=O) groups is 1. The predicted molar refractivity (Wildman–Crippen MR) is 94.2 cm³/mol. The van der Waals surface area contributed by atoms with Gasteiger partial charge in [0, 0.05) is 11.1 Å². The number of rotatable bonds is 8. The molecule has 4 heteroatoms. The fourth-order valence-electron chi connectivity index (χ4n) is 2.74. The summed E-state index contributed by atoms with van der Waals surface area (Å²) in [5.41, 5.74) is 3.71. The summed E-state index contributed by atoms with van der Waals surface area (Å²) in [5, 5.41) is 10.1. The first-order valence-electron chi connectivity index (χ1n) is 8.31. The number of fused-ring (bicyclic) bond motifs is 1. The molecule has 1 aromatic heterocycles. The van der Waals surface area contributed by atoms with E-state index in [1.54, 1.807) is 12.1 Å². The molecule has 3 N–H and O–H groups in total. The van der Waals surface area contributed by atoms with Crippen LogP contribution in [-0.4, -0.2) is 21.5 Å². The molecular formula is C19H27NO3. The van der Waals surface area contributed by atoms with Gasteiger partial charge < -0.3 is 10.6 Å². The minimum atomic E-state index is -0.885. The molecule has 0 radical (unpaired) electrons. The van der Waals surface area contributed by atoms with Crippen molar-refractivity contribution in [3.05, 3.63) is 41.1 Å². The summed E-state index contributed by atoms with van der Waals surface area (Å²) in [6.07, 6.45) is 7.95. The third kappa shape index (κ3) is 5.03. The van der Waals surface area contributed by atoms with Gasteiger partial charge in [0.25, 0.3) is 0 Å². The topological polar surface area (TPSA) is 81.7 Å². The van der Waals surface area contributed by atoms with E-state index in [0.29, 0.717) is 5.56 Å². The maximum Gasteiger partial charge on any atom is 0.335 e. The molecule has 0 aliphatic rings. The molecule has 0 unspecified atom stereocenters. The van der Waals surface area contributed by atoms with Crippen LogP contribution >= 0.6 is 0 Å². The normalized spacial score (nSPS) is 10.5. The van der Waals surface area contributed by atoms with E-state index in [1.165, 1.54) is 30.5 Å². The zero-order valence-electron chi connectivity index (χ0n) is 14.1. The SMILES string of the molecule is CCCCCc1nc2ccc(C(=O)O)cc2cc1CCCC.O. The van der Waals surface area contributed by atoms with Crippen molar-refractivity contribution in [3.8, 4) is 0 Å². The Morgan fingerprint density at radius 2 is 1.78 bits per heavy atom. The number of unbranched alkanes of at least 4 members (excludes halogenated alkanes) is 3. The van der Waals surface area contributed by atoms with Gasteiger partial charge in [-0.25, -0.2) is 4.79 Å². The van der Waals surface area contributed by atoms with Crippen LogP contribution in [0.5, 0.6) is 0 Å². The second-order valence-corrected chi connectivity index (χ2v) is 5.87. The van der Waals surface area contributed by atoms with Gasteiger partial charge >= 0.3 is 5.97 Å². The lowest BCUT2D eigenvalue weighted by molar-refractivity contribution is 0.0697. The van der Waals surface area contributed by atoms with Crippen LogP contribution in [-0.2, 0) is 12.8 Å². The number of nitrogens with zero attached hydrogens (tertiary/aromatic N) is 1. The highest BCUT2D eigenvalue weighted by molar-refractivity contribution is 5.93. The number of carboxylic acid groups (broad SMARTS) is 1. The van der Waals surface area contributed by atoms with Gasteiger partial charge in [-0.3, -0.25) is 4.98 Å². The number of benzene rings is 1. The monoisotopic (exact) mass is 317 g/mol. The van der Waals surface area contributed by atoms with Crippen LogP contribution < -0.4 is 0 Å². The van der Waals surface area contributed by atoms with Crippen molar-refractivity contribution >= 4 is 16.9 Å². The van der Waals surface area contributed by atoms with Crippen molar-refractivity contribution < 1.29 is 15.4 Å².